The summed E-state index contributed by atoms with van der Waals surface area (Å²) in [6, 6.07) is 3.13. The summed E-state index contributed by atoms with van der Waals surface area (Å²) in [7, 11) is 0. The largest absolute Gasteiger partial charge is 0.476 e. The van der Waals surface area contributed by atoms with Crippen molar-refractivity contribution in [3.05, 3.63) is 51.8 Å². The standard InChI is InChI=1S/C11H6F3N3O4/c12-11(13,14)7-5-6(17(20)21)1-2-9(7)16-4-3-8(15-16)10(18)19/h1-5H,(H,18,19). The number of carbonyl (C=O) groups is 1. The molecule has 0 aliphatic carbocycles. The van der Waals surface area contributed by atoms with Crippen molar-refractivity contribution in [2.75, 3.05) is 0 Å². The SMILES string of the molecule is O=C(O)c1ccn(-c2ccc([N+](=O)[O-])cc2C(F)(F)F)n1. The second-order valence-corrected chi connectivity index (χ2v) is 3.91. The number of nitro benzene ring substituents is 1. The lowest BCUT2D eigenvalue weighted by Crippen LogP contribution is -2.12. The fourth-order valence-corrected chi connectivity index (χ4v) is 1.64. The molecule has 0 spiro atoms. The predicted octanol–water partition coefficient (Wildman–Crippen LogP) is 2.50. The number of carboxylic acids is 1. The Bertz CT molecular complexity index is 724. The number of alkyl halides is 3. The van der Waals surface area contributed by atoms with E-state index in [1.807, 2.05) is 0 Å². The minimum absolute atomic E-state index is 0.372. The second-order valence-electron chi connectivity index (χ2n) is 3.91. The highest BCUT2D eigenvalue weighted by molar-refractivity contribution is 5.85. The zero-order chi connectivity index (χ0) is 15.8. The number of nitrogens with zero attached hydrogens (tertiary/aromatic N) is 3. The van der Waals surface area contributed by atoms with Gasteiger partial charge < -0.3 is 5.11 Å². The maximum atomic E-state index is 13.0. The van der Waals surface area contributed by atoms with Crippen LogP contribution in [0.2, 0.25) is 0 Å². The molecule has 0 aliphatic rings. The molecule has 0 fully saturated rings. The summed E-state index contributed by atoms with van der Waals surface area (Å²) in [5.41, 5.74) is -2.95. The summed E-state index contributed by atoms with van der Waals surface area (Å²) in [5, 5.41) is 22.7. The first-order chi connectivity index (χ1) is 9.70. The van der Waals surface area contributed by atoms with Crippen molar-refractivity contribution in [3.63, 3.8) is 0 Å². The van der Waals surface area contributed by atoms with E-state index in [-0.39, 0.29) is 0 Å². The van der Waals surface area contributed by atoms with Gasteiger partial charge in [0, 0.05) is 18.3 Å². The molecule has 0 radical (unpaired) electrons. The molecule has 0 atom stereocenters. The summed E-state index contributed by atoms with van der Waals surface area (Å²) >= 11 is 0. The third-order valence-corrected chi connectivity index (χ3v) is 2.55. The number of halogens is 3. The Kier molecular flexibility index (Phi) is 3.37. The molecule has 1 aromatic carbocycles. The summed E-state index contributed by atoms with van der Waals surface area (Å²) in [4.78, 5) is 20.3. The van der Waals surface area contributed by atoms with E-state index in [4.69, 9.17) is 5.11 Å². The van der Waals surface area contributed by atoms with Crippen LogP contribution in [0.25, 0.3) is 5.69 Å². The van der Waals surface area contributed by atoms with E-state index in [2.05, 4.69) is 5.10 Å². The third kappa shape index (κ3) is 2.83. The number of nitro groups is 1. The van der Waals surface area contributed by atoms with Gasteiger partial charge in [-0.1, -0.05) is 0 Å². The lowest BCUT2D eigenvalue weighted by Gasteiger charge is -2.12. The van der Waals surface area contributed by atoms with Crippen molar-refractivity contribution >= 4 is 11.7 Å². The highest BCUT2D eigenvalue weighted by Gasteiger charge is 2.36. The average Bonchev–Trinajstić information content (AvgIpc) is 2.86. The first kappa shape index (κ1) is 14.5. The number of hydrogen-bond acceptors (Lipinski definition) is 4. The molecule has 110 valence electrons. The van der Waals surface area contributed by atoms with Crippen LogP contribution in [0.3, 0.4) is 0 Å². The van der Waals surface area contributed by atoms with E-state index >= 15 is 0 Å². The Hall–Kier alpha value is -2.91. The Morgan fingerprint density at radius 3 is 2.48 bits per heavy atom. The molecule has 10 heteroatoms. The summed E-state index contributed by atoms with van der Waals surface area (Å²) in [6.45, 7) is 0. The van der Waals surface area contributed by atoms with Crippen LogP contribution in [0.15, 0.2) is 30.5 Å². The summed E-state index contributed by atoms with van der Waals surface area (Å²) in [5.74, 6) is -1.40. The van der Waals surface area contributed by atoms with E-state index < -0.39 is 39.7 Å². The van der Waals surface area contributed by atoms with E-state index in [0.29, 0.717) is 10.7 Å². The molecule has 0 unspecified atom stereocenters. The monoisotopic (exact) mass is 301 g/mol. The number of rotatable bonds is 3. The van der Waals surface area contributed by atoms with Crippen LogP contribution in [0.1, 0.15) is 16.1 Å². The molecule has 7 nitrogen and oxygen atoms in total. The molecule has 0 aliphatic heterocycles. The fraction of sp³-hybridized carbons (Fsp3) is 0.0909. The molecule has 0 bridgehead atoms. The quantitative estimate of drug-likeness (QED) is 0.693. The number of hydrogen-bond donors (Lipinski definition) is 1. The van der Waals surface area contributed by atoms with E-state index in [9.17, 15) is 28.1 Å². The van der Waals surface area contributed by atoms with Crippen molar-refractivity contribution < 1.29 is 28.0 Å². The lowest BCUT2D eigenvalue weighted by molar-refractivity contribution is -0.385. The number of carboxylic acid groups (broad SMARTS) is 1. The van der Waals surface area contributed by atoms with Gasteiger partial charge in [0.2, 0.25) is 0 Å². The molecule has 0 amide bonds. The minimum Gasteiger partial charge on any atom is -0.476 e. The molecule has 0 saturated carbocycles. The summed E-state index contributed by atoms with van der Waals surface area (Å²) in [6.07, 6.45) is -3.82. The van der Waals surface area contributed by atoms with Gasteiger partial charge in [0.15, 0.2) is 5.69 Å². The van der Waals surface area contributed by atoms with Crippen LogP contribution >= 0.6 is 0 Å². The summed E-state index contributed by atoms with van der Waals surface area (Å²) < 4.78 is 39.6. The highest BCUT2D eigenvalue weighted by Crippen LogP contribution is 2.35. The second kappa shape index (κ2) is 4.89. The molecule has 2 aromatic rings. The Balaban J connectivity index is 2.61. The molecule has 0 saturated heterocycles. The normalized spacial score (nSPS) is 11.4. The van der Waals surface area contributed by atoms with Gasteiger partial charge in [-0.05, 0) is 12.1 Å². The van der Waals surface area contributed by atoms with Crippen LogP contribution < -0.4 is 0 Å². The van der Waals surface area contributed by atoms with Crippen LogP contribution in [0.4, 0.5) is 18.9 Å². The van der Waals surface area contributed by atoms with Crippen molar-refractivity contribution in [2.45, 2.75) is 6.18 Å². The maximum Gasteiger partial charge on any atom is 0.418 e. The number of non-ortho nitro benzene ring substituents is 1. The van der Waals surface area contributed by atoms with E-state index in [1.54, 1.807) is 0 Å². The molecule has 2 rings (SSSR count). The zero-order valence-electron chi connectivity index (χ0n) is 10.0. The predicted molar refractivity (Wildman–Crippen MR) is 62.2 cm³/mol. The van der Waals surface area contributed by atoms with Crippen LogP contribution in [-0.2, 0) is 6.18 Å². The fourth-order valence-electron chi connectivity index (χ4n) is 1.64. The number of benzene rings is 1. The highest BCUT2D eigenvalue weighted by atomic mass is 19.4. The van der Waals surface area contributed by atoms with Gasteiger partial charge in [-0.25, -0.2) is 9.48 Å². The van der Waals surface area contributed by atoms with Gasteiger partial charge in [-0.2, -0.15) is 18.3 Å². The van der Waals surface area contributed by atoms with E-state index in [0.717, 1.165) is 24.4 Å². The molecule has 21 heavy (non-hydrogen) atoms. The average molecular weight is 301 g/mol. The Morgan fingerprint density at radius 1 is 1.33 bits per heavy atom. The van der Waals surface area contributed by atoms with Gasteiger partial charge in [0.25, 0.3) is 5.69 Å². The zero-order valence-corrected chi connectivity index (χ0v) is 10.0. The van der Waals surface area contributed by atoms with Gasteiger partial charge in [-0.3, -0.25) is 10.1 Å². The van der Waals surface area contributed by atoms with Gasteiger partial charge in [0.05, 0.1) is 16.2 Å². The van der Waals surface area contributed by atoms with Crippen LogP contribution in [0.5, 0.6) is 0 Å². The molecule has 1 heterocycles. The van der Waals surface area contributed by atoms with Crippen LogP contribution in [0, 0.1) is 10.1 Å². The number of aromatic nitrogens is 2. The lowest BCUT2D eigenvalue weighted by atomic mass is 10.1. The van der Waals surface area contributed by atoms with E-state index in [1.165, 1.54) is 0 Å². The Labute approximate surface area is 114 Å². The smallest absolute Gasteiger partial charge is 0.418 e. The molecule has 1 aromatic heterocycles. The van der Waals surface area contributed by atoms with Crippen molar-refractivity contribution in [1.82, 2.24) is 9.78 Å². The third-order valence-electron chi connectivity index (χ3n) is 2.55. The minimum atomic E-state index is -4.85. The molecular weight excluding hydrogens is 295 g/mol. The molecule has 1 N–H and O–H groups in total. The van der Waals surface area contributed by atoms with Gasteiger partial charge >= 0.3 is 12.1 Å². The van der Waals surface area contributed by atoms with Crippen molar-refractivity contribution in [1.29, 1.82) is 0 Å². The van der Waals surface area contributed by atoms with Crippen molar-refractivity contribution in [2.24, 2.45) is 0 Å². The Morgan fingerprint density at radius 2 is 2.00 bits per heavy atom. The first-order valence-electron chi connectivity index (χ1n) is 5.35. The first-order valence-corrected chi connectivity index (χ1v) is 5.35. The van der Waals surface area contributed by atoms with Crippen LogP contribution in [-0.4, -0.2) is 25.8 Å². The molecular formula is C11H6F3N3O4. The number of aromatic carboxylic acids is 1. The van der Waals surface area contributed by atoms with Crippen molar-refractivity contribution in [3.8, 4) is 5.69 Å². The topological polar surface area (TPSA) is 98.3 Å². The maximum absolute atomic E-state index is 13.0. The van der Waals surface area contributed by atoms with Gasteiger partial charge in [0.1, 0.15) is 0 Å². The van der Waals surface area contributed by atoms with Gasteiger partial charge in [-0.15, -0.1) is 0 Å².